The number of methoxy groups -OCH3 is 4. The molecule has 0 radical (unpaired) electrons. The van der Waals surface area contributed by atoms with Crippen molar-refractivity contribution >= 4 is 29.5 Å². The number of benzene rings is 1. The maximum Gasteiger partial charge on any atom is 0.335 e. The van der Waals surface area contributed by atoms with E-state index >= 15 is 0 Å². The minimum Gasteiger partial charge on any atom is -0.468 e. The van der Waals surface area contributed by atoms with Gasteiger partial charge in [0.15, 0.2) is 5.41 Å². The predicted octanol–water partition coefficient (Wildman–Crippen LogP) is 3.88. The van der Waals surface area contributed by atoms with Gasteiger partial charge in [-0.25, -0.2) is 9.59 Å². The Morgan fingerprint density at radius 1 is 0.838 bits per heavy atom. The van der Waals surface area contributed by atoms with Crippen molar-refractivity contribution in [2.45, 2.75) is 52.4 Å². The molecule has 0 aromatic heterocycles. The van der Waals surface area contributed by atoms with Crippen molar-refractivity contribution in [1.82, 2.24) is 0 Å². The molecule has 2 aliphatic carbocycles. The van der Waals surface area contributed by atoms with Crippen LogP contribution in [0.25, 0.3) is 5.57 Å². The maximum atomic E-state index is 14.0. The van der Waals surface area contributed by atoms with Crippen LogP contribution in [0.3, 0.4) is 0 Å². The fourth-order valence-corrected chi connectivity index (χ4v) is 5.58. The van der Waals surface area contributed by atoms with Gasteiger partial charge in [0.05, 0.1) is 39.6 Å². The van der Waals surface area contributed by atoms with Crippen LogP contribution in [-0.4, -0.2) is 52.3 Å². The summed E-state index contributed by atoms with van der Waals surface area (Å²) in [5.41, 5.74) is 1.66. The molecule has 8 nitrogen and oxygen atoms in total. The third-order valence-corrected chi connectivity index (χ3v) is 7.27. The monoisotopic (exact) mass is 510 g/mol. The van der Waals surface area contributed by atoms with Crippen molar-refractivity contribution in [1.29, 1.82) is 0 Å². The van der Waals surface area contributed by atoms with E-state index in [0.717, 1.165) is 22.3 Å². The first-order valence-electron chi connectivity index (χ1n) is 11.9. The molecule has 0 heterocycles. The van der Waals surface area contributed by atoms with Crippen molar-refractivity contribution in [2.75, 3.05) is 28.4 Å². The van der Waals surface area contributed by atoms with E-state index in [1.165, 1.54) is 35.4 Å². The Labute approximate surface area is 217 Å². The van der Waals surface area contributed by atoms with Crippen LogP contribution >= 0.6 is 0 Å². The smallest absolute Gasteiger partial charge is 0.335 e. The fourth-order valence-electron chi connectivity index (χ4n) is 5.58. The lowest BCUT2D eigenvalue weighted by Crippen LogP contribution is -2.51. The number of esters is 4. The lowest BCUT2D eigenvalue weighted by atomic mass is 9.56. The molecule has 0 saturated carbocycles. The molecule has 1 aromatic rings. The quantitative estimate of drug-likeness (QED) is 0.444. The van der Waals surface area contributed by atoms with Gasteiger partial charge in [-0.3, -0.25) is 9.59 Å². The molecule has 0 N–H and O–H groups in total. The topological polar surface area (TPSA) is 105 Å². The summed E-state index contributed by atoms with van der Waals surface area (Å²) in [6.07, 6.45) is 1.65. The number of fused-ring (bicyclic) bond motifs is 3. The molecule has 0 amide bonds. The first kappa shape index (κ1) is 27.9. The van der Waals surface area contributed by atoms with Crippen LogP contribution in [0.15, 0.2) is 40.5 Å². The van der Waals surface area contributed by atoms with E-state index in [1.54, 1.807) is 6.08 Å². The minimum atomic E-state index is -1.89. The van der Waals surface area contributed by atoms with E-state index in [1.807, 2.05) is 46.8 Å². The van der Waals surface area contributed by atoms with Crippen molar-refractivity contribution < 1.29 is 38.1 Å². The first-order chi connectivity index (χ1) is 17.2. The lowest BCUT2D eigenvalue weighted by molar-refractivity contribution is -0.150. The predicted molar refractivity (Wildman–Crippen MR) is 136 cm³/mol. The Kier molecular flexibility index (Phi) is 7.28. The Morgan fingerprint density at radius 2 is 1.43 bits per heavy atom. The molecule has 0 bridgehead atoms. The number of allylic oxidation sites excluding steroid dienone is 2. The van der Waals surface area contributed by atoms with Crippen molar-refractivity contribution in [3.63, 3.8) is 0 Å². The molecule has 0 spiro atoms. The van der Waals surface area contributed by atoms with Gasteiger partial charge in [-0.05, 0) is 65.2 Å². The van der Waals surface area contributed by atoms with Crippen molar-refractivity contribution in [3.05, 3.63) is 62.8 Å². The maximum absolute atomic E-state index is 14.0. The van der Waals surface area contributed by atoms with Gasteiger partial charge in [0.2, 0.25) is 0 Å². The average molecular weight is 511 g/mol. The highest BCUT2D eigenvalue weighted by molar-refractivity contribution is 6.13. The third kappa shape index (κ3) is 3.99. The van der Waals surface area contributed by atoms with E-state index in [4.69, 9.17) is 18.9 Å². The summed E-state index contributed by atoms with van der Waals surface area (Å²) < 4.78 is 20.6. The summed E-state index contributed by atoms with van der Waals surface area (Å²) in [6.45, 7) is 11.4. The second kappa shape index (κ2) is 9.65. The van der Waals surface area contributed by atoms with Gasteiger partial charge >= 0.3 is 23.9 Å². The van der Waals surface area contributed by atoms with Gasteiger partial charge < -0.3 is 18.9 Å². The highest BCUT2D eigenvalue weighted by Crippen LogP contribution is 2.56. The second-order valence-electron chi connectivity index (χ2n) is 10.4. The highest BCUT2D eigenvalue weighted by atomic mass is 16.5. The summed E-state index contributed by atoms with van der Waals surface area (Å²) in [5.74, 6) is -4.50. The SMILES string of the molecule is COC(=O)C1=C2C=C(C)c3c(C)cc(C(C)(C)C)cc3[C@]2(C(=O)OC)C(C(=O)OC)=C(C)[C@@H]1C(=O)OC. The second-order valence-corrected chi connectivity index (χ2v) is 10.4. The zero-order valence-electron chi connectivity index (χ0n) is 23.1. The Bertz CT molecular complexity index is 1300. The summed E-state index contributed by atoms with van der Waals surface area (Å²) in [5, 5.41) is 0. The Balaban J connectivity index is 2.74. The third-order valence-electron chi connectivity index (χ3n) is 7.27. The van der Waals surface area contributed by atoms with Crippen LogP contribution in [0.4, 0.5) is 0 Å². The number of carbonyl (C=O) groups excluding carboxylic acids is 4. The number of hydrogen-bond donors (Lipinski definition) is 0. The Morgan fingerprint density at radius 3 is 1.92 bits per heavy atom. The molecule has 8 heteroatoms. The largest absolute Gasteiger partial charge is 0.468 e. The fraction of sp³-hybridized carbons (Fsp3) is 0.448. The molecule has 0 aliphatic heterocycles. The number of ether oxygens (including phenoxy) is 4. The molecule has 2 aliphatic rings. The molecular weight excluding hydrogens is 476 g/mol. The Hall–Kier alpha value is -3.68. The van der Waals surface area contributed by atoms with E-state index in [9.17, 15) is 19.2 Å². The van der Waals surface area contributed by atoms with E-state index in [-0.39, 0.29) is 27.7 Å². The van der Waals surface area contributed by atoms with Gasteiger partial charge in [0, 0.05) is 0 Å². The zero-order valence-corrected chi connectivity index (χ0v) is 23.1. The van der Waals surface area contributed by atoms with Gasteiger partial charge in [-0.1, -0.05) is 39.0 Å². The van der Waals surface area contributed by atoms with Crippen LogP contribution in [-0.2, 0) is 49.0 Å². The highest BCUT2D eigenvalue weighted by Gasteiger charge is 2.60. The lowest BCUT2D eigenvalue weighted by Gasteiger charge is -2.45. The number of hydrogen-bond acceptors (Lipinski definition) is 8. The summed E-state index contributed by atoms with van der Waals surface area (Å²) in [6, 6.07) is 3.92. The number of rotatable bonds is 4. The molecule has 2 atom stereocenters. The summed E-state index contributed by atoms with van der Waals surface area (Å²) in [4.78, 5) is 53.9. The molecule has 3 rings (SSSR count). The van der Waals surface area contributed by atoms with Gasteiger partial charge in [0.25, 0.3) is 0 Å². The van der Waals surface area contributed by atoms with Gasteiger partial charge in [0.1, 0.15) is 5.92 Å². The summed E-state index contributed by atoms with van der Waals surface area (Å²) in [7, 11) is 4.79. The molecule has 0 fully saturated rings. The van der Waals surface area contributed by atoms with Crippen LogP contribution in [0, 0.1) is 12.8 Å². The van der Waals surface area contributed by atoms with Gasteiger partial charge in [-0.15, -0.1) is 0 Å². The van der Waals surface area contributed by atoms with E-state index < -0.39 is 35.2 Å². The van der Waals surface area contributed by atoms with Crippen LogP contribution in [0.5, 0.6) is 0 Å². The van der Waals surface area contributed by atoms with Crippen molar-refractivity contribution in [3.8, 4) is 0 Å². The minimum absolute atomic E-state index is 0.0876. The molecule has 0 unspecified atom stereocenters. The molecule has 37 heavy (non-hydrogen) atoms. The first-order valence-corrected chi connectivity index (χ1v) is 11.9. The molecular formula is C29H34O8. The van der Waals surface area contributed by atoms with Crippen LogP contribution in [0.2, 0.25) is 0 Å². The number of aryl methyl sites for hydroxylation is 1. The number of carbonyl (C=O) groups is 4. The van der Waals surface area contributed by atoms with E-state index in [0.29, 0.717) is 5.56 Å². The average Bonchev–Trinajstić information content (AvgIpc) is 2.85. The standard InChI is InChI=1S/C29H34O8/c1-14-11-17(28(4,5)6)13-19-20(14)15(2)12-18-22(25(31)35-8)21(24(30)34-7)16(3)23(26(32)36-9)29(18,19)27(33)37-10/h11-13,21H,1-10H3/t21-,29-/m0/s1. The van der Waals surface area contributed by atoms with Crippen molar-refractivity contribution in [2.24, 2.45) is 5.92 Å². The molecule has 1 aromatic carbocycles. The molecule has 0 saturated heterocycles. The summed E-state index contributed by atoms with van der Waals surface area (Å²) >= 11 is 0. The molecule has 198 valence electrons. The van der Waals surface area contributed by atoms with Crippen LogP contribution in [0.1, 0.15) is 56.9 Å². The van der Waals surface area contributed by atoms with E-state index in [2.05, 4.69) is 0 Å². The zero-order chi connectivity index (χ0) is 28.0. The van der Waals surface area contributed by atoms with Crippen LogP contribution < -0.4 is 0 Å². The normalized spacial score (nSPS) is 20.9. The van der Waals surface area contributed by atoms with Gasteiger partial charge in [-0.2, -0.15) is 0 Å².